The minimum atomic E-state index is -0.605. The zero-order valence-corrected chi connectivity index (χ0v) is 20.4. The molecule has 0 bridgehead atoms. The van der Waals surface area contributed by atoms with Gasteiger partial charge in [-0.2, -0.15) is 11.3 Å². The fourth-order valence-electron chi connectivity index (χ4n) is 3.51. The number of piperidine rings is 1. The van der Waals surface area contributed by atoms with Gasteiger partial charge in [0.2, 0.25) is 0 Å². The van der Waals surface area contributed by atoms with E-state index in [0.29, 0.717) is 37.1 Å². The Balaban J connectivity index is 1.66. The number of nitrogens with one attached hydrogen (secondary N) is 2. The van der Waals surface area contributed by atoms with E-state index in [-0.39, 0.29) is 46.6 Å². The quantitative estimate of drug-likeness (QED) is 0.566. The number of nitrogens with zero attached hydrogens (tertiary/aromatic N) is 1. The Morgan fingerprint density at radius 2 is 1.76 bits per heavy atom. The second kappa shape index (κ2) is 11.3. The number of hydrogen-bond acceptors (Lipinski definition) is 8. The van der Waals surface area contributed by atoms with Gasteiger partial charge in [-0.25, -0.2) is 14.4 Å². The fourth-order valence-corrected chi connectivity index (χ4v) is 5.22. The van der Waals surface area contributed by atoms with Gasteiger partial charge in [-0.1, -0.05) is 0 Å². The van der Waals surface area contributed by atoms with E-state index in [1.165, 1.54) is 11.3 Å². The molecule has 0 aromatic carbocycles. The van der Waals surface area contributed by atoms with Crippen LogP contribution in [-0.2, 0) is 9.47 Å². The molecular formula is C22H27N3O6S2. The molecule has 1 aliphatic heterocycles. The summed E-state index contributed by atoms with van der Waals surface area (Å²) < 4.78 is 10.2. The topological polar surface area (TPSA) is 114 Å². The summed E-state index contributed by atoms with van der Waals surface area (Å²) in [4.78, 5) is 51.8. The summed E-state index contributed by atoms with van der Waals surface area (Å²) >= 11 is 2.46. The summed E-state index contributed by atoms with van der Waals surface area (Å²) in [7, 11) is 0. The lowest BCUT2D eigenvalue weighted by Gasteiger charge is -2.32. The Labute approximate surface area is 200 Å². The molecule has 2 aromatic heterocycles. The van der Waals surface area contributed by atoms with Crippen molar-refractivity contribution in [3.8, 4) is 0 Å². The van der Waals surface area contributed by atoms with Crippen molar-refractivity contribution in [1.82, 2.24) is 10.2 Å². The van der Waals surface area contributed by atoms with Gasteiger partial charge in [0.25, 0.3) is 5.91 Å². The molecular weight excluding hydrogens is 466 g/mol. The highest BCUT2D eigenvalue weighted by atomic mass is 32.1. The van der Waals surface area contributed by atoms with Gasteiger partial charge in [-0.05, 0) is 50.6 Å². The highest BCUT2D eigenvalue weighted by molar-refractivity contribution is 7.18. The number of esters is 2. The van der Waals surface area contributed by atoms with Crippen LogP contribution in [0.4, 0.5) is 9.80 Å². The molecule has 11 heteroatoms. The summed E-state index contributed by atoms with van der Waals surface area (Å²) in [6, 6.07) is 1.38. The van der Waals surface area contributed by atoms with Gasteiger partial charge in [0.05, 0.1) is 18.8 Å². The first-order valence-corrected chi connectivity index (χ1v) is 12.5. The van der Waals surface area contributed by atoms with E-state index < -0.39 is 11.9 Å². The number of carbonyl (C=O) groups is 4. The molecule has 33 heavy (non-hydrogen) atoms. The normalized spacial score (nSPS) is 14.0. The maximum atomic E-state index is 12.9. The van der Waals surface area contributed by atoms with Crippen LogP contribution in [0.3, 0.4) is 0 Å². The summed E-state index contributed by atoms with van der Waals surface area (Å²) in [5, 5.41) is 9.68. The highest BCUT2D eigenvalue weighted by Crippen LogP contribution is 2.34. The van der Waals surface area contributed by atoms with Crippen LogP contribution in [0, 0.1) is 6.92 Å². The molecule has 3 rings (SSSR count). The number of ether oxygens (including phenoxy) is 2. The average molecular weight is 494 g/mol. The van der Waals surface area contributed by atoms with E-state index in [0.717, 1.165) is 11.3 Å². The number of thiophene rings is 2. The first-order valence-electron chi connectivity index (χ1n) is 10.7. The monoisotopic (exact) mass is 493 g/mol. The van der Waals surface area contributed by atoms with Crippen molar-refractivity contribution >= 4 is 51.6 Å². The molecule has 9 nitrogen and oxygen atoms in total. The van der Waals surface area contributed by atoms with Crippen LogP contribution in [0.25, 0.3) is 0 Å². The third kappa shape index (κ3) is 5.91. The predicted molar refractivity (Wildman–Crippen MR) is 126 cm³/mol. The Bertz CT molecular complexity index is 1010. The molecule has 0 unspecified atom stereocenters. The standard InChI is InChI=1S/C22H27N3O6S2/c1-4-30-20(27)16-13(3)17(21(28)31-5-2)33-19(16)24-22(29)25-9-6-15(7-10-25)23-18(26)14-8-11-32-12-14/h8,11-12,15H,4-7,9-10H2,1-3H3,(H,23,26)(H,24,29). The van der Waals surface area contributed by atoms with E-state index in [9.17, 15) is 19.2 Å². The molecule has 2 aromatic rings. The van der Waals surface area contributed by atoms with Crippen LogP contribution < -0.4 is 10.6 Å². The van der Waals surface area contributed by atoms with Gasteiger partial charge in [0.15, 0.2) is 0 Å². The summed E-state index contributed by atoms with van der Waals surface area (Å²) in [5.74, 6) is -1.26. The van der Waals surface area contributed by atoms with Crippen molar-refractivity contribution in [1.29, 1.82) is 0 Å². The van der Waals surface area contributed by atoms with Gasteiger partial charge in [-0.15, -0.1) is 11.3 Å². The lowest BCUT2D eigenvalue weighted by molar-refractivity contribution is 0.0527. The van der Waals surface area contributed by atoms with Gasteiger partial charge in [-0.3, -0.25) is 10.1 Å². The molecule has 0 radical (unpaired) electrons. The van der Waals surface area contributed by atoms with Crippen LogP contribution in [0.1, 0.15) is 62.6 Å². The highest BCUT2D eigenvalue weighted by Gasteiger charge is 2.30. The first kappa shape index (κ1) is 24.7. The molecule has 2 N–H and O–H groups in total. The van der Waals surface area contributed by atoms with Gasteiger partial charge >= 0.3 is 18.0 Å². The van der Waals surface area contributed by atoms with E-state index >= 15 is 0 Å². The SMILES string of the molecule is CCOC(=O)c1sc(NC(=O)N2CCC(NC(=O)c3ccsc3)CC2)c(C(=O)OCC)c1C. The fraction of sp³-hybridized carbons (Fsp3) is 0.455. The molecule has 1 fully saturated rings. The summed E-state index contributed by atoms with van der Waals surface area (Å²) in [6.07, 6.45) is 1.23. The van der Waals surface area contributed by atoms with Crippen LogP contribution in [0.15, 0.2) is 16.8 Å². The molecule has 1 aliphatic rings. The maximum Gasteiger partial charge on any atom is 0.348 e. The maximum absolute atomic E-state index is 12.9. The number of amides is 3. The smallest absolute Gasteiger partial charge is 0.348 e. The van der Waals surface area contributed by atoms with Crippen molar-refractivity contribution in [2.24, 2.45) is 0 Å². The lowest BCUT2D eigenvalue weighted by Crippen LogP contribution is -2.47. The molecule has 1 saturated heterocycles. The molecule has 178 valence electrons. The minimum absolute atomic E-state index is 0.0176. The van der Waals surface area contributed by atoms with Crippen LogP contribution in [-0.4, -0.2) is 61.1 Å². The Morgan fingerprint density at radius 1 is 1.09 bits per heavy atom. The number of urea groups is 1. The minimum Gasteiger partial charge on any atom is -0.462 e. The number of hydrogen-bond donors (Lipinski definition) is 2. The Hall–Kier alpha value is -2.92. The third-order valence-corrected chi connectivity index (χ3v) is 7.08. The molecule has 3 amide bonds. The Kier molecular flexibility index (Phi) is 8.45. The second-order valence-corrected chi connectivity index (χ2v) is 9.18. The van der Waals surface area contributed by atoms with E-state index in [4.69, 9.17) is 9.47 Å². The lowest BCUT2D eigenvalue weighted by atomic mass is 10.0. The largest absolute Gasteiger partial charge is 0.462 e. The number of rotatable bonds is 7. The van der Waals surface area contributed by atoms with Crippen molar-refractivity contribution in [3.05, 3.63) is 38.4 Å². The van der Waals surface area contributed by atoms with Gasteiger partial charge < -0.3 is 19.7 Å². The second-order valence-electron chi connectivity index (χ2n) is 7.38. The van der Waals surface area contributed by atoms with Crippen molar-refractivity contribution in [2.75, 3.05) is 31.6 Å². The van der Waals surface area contributed by atoms with Crippen molar-refractivity contribution in [3.63, 3.8) is 0 Å². The van der Waals surface area contributed by atoms with Crippen LogP contribution in [0.5, 0.6) is 0 Å². The zero-order chi connectivity index (χ0) is 24.0. The molecule has 3 heterocycles. The summed E-state index contributed by atoms with van der Waals surface area (Å²) in [6.45, 7) is 6.28. The van der Waals surface area contributed by atoms with Crippen molar-refractivity contribution in [2.45, 2.75) is 39.7 Å². The predicted octanol–water partition coefficient (Wildman–Crippen LogP) is 3.90. The Morgan fingerprint density at radius 3 is 2.36 bits per heavy atom. The average Bonchev–Trinajstić information content (AvgIpc) is 3.43. The van der Waals surface area contributed by atoms with Gasteiger partial charge in [0.1, 0.15) is 9.88 Å². The van der Waals surface area contributed by atoms with E-state index in [1.807, 2.05) is 5.38 Å². The molecule has 0 spiro atoms. The molecule has 0 aliphatic carbocycles. The van der Waals surface area contributed by atoms with E-state index in [1.54, 1.807) is 37.1 Å². The molecule has 0 atom stereocenters. The van der Waals surface area contributed by atoms with E-state index in [2.05, 4.69) is 10.6 Å². The number of likely N-dealkylation sites (tertiary alicyclic amines) is 1. The third-order valence-electron chi connectivity index (χ3n) is 5.21. The van der Waals surface area contributed by atoms with Crippen LogP contribution in [0.2, 0.25) is 0 Å². The number of anilines is 1. The summed E-state index contributed by atoms with van der Waals surface area (Å²) in [5.41, 5.74) is 1.22. The zero-order valence-electron chi connectivity index (χ0n) is 18.8. The van der Waals surface area contributed by atoms with Gasteiger partial charge in [0, 0.05) is 30.1 Å². The molecule has 0 saturated carbocycles. The number of carbonyl (C=O) groups excluding carboxylic acids is 4. The van der Waals surface area contributed by atoms with Crippen LogP contribution >= 0.6 is 22.7 Å². The van der Waals surface area contributed by atoms with Crippen molar-refractivity contribution < 1.29 is 28.7 Å². The first-order chi connectivity index (χ1) is 15.8.